The molecular formula is C24H36N2O12. The molecule has 0 atom stereocenters. The summed E-state index contributed by atoms with van der Waals surface area (Å²) in [5.41, 5.74) is -0.885. The highest BCUT2D eigenvalue weighted by Gasteiger charge is 2.19. The third-order valence-corrected chi connectivity index (χ3v) is 4.28. The predicted octanol–water partition coefficient (Wildman–Crippen LogP) is 1.32. The van der Waals surface area contributed by atoms with Gasteiger partial charge in [0.25, 0.3) is 0 Å². The van der Waals surface area contributed by atoms with E-state index >= 15 is 0 Å². The van der Waals surface area contributed by atoms with E-state index < -0.39 is 47.2 Å². The van der Waals surface area contributed by atoms with Gasteiger partial charge in [0.15, 0.2) is 0 Å². The number of alkyl carbamates (subject to hydrolysis) is 2. The second-order valence-electron chi connectivity index (χ2n) is 7.21. The van der Waals surface area contributed by atoms with Crippen molar-refractivity contribution in [3.63, 3.8) is 0 Å². The van der Waals surface area contributed by atoms with Crippen LogP contribution in [0.4, 0.5) is 9.59 Å². The summed E-state index contributed by atoms with van der Waals surface area (Å²) in [6.07, 6.45) is 1.57. The van der Waals surface area contributed by atoms with Crippen LogP contribution in [0.3, 0.4) is 0 Å². The van der Waals surface area contributed by atoms with E-state index in [0.29, 0.717) is 25.9 Å². The van der Waals surface area contributed by atoms with Crippen LogP contribution >= 0.6 is 0 Å². The van der Waals surface area contributed by atoms with Gasteiger partial charge in [-0.3, -0.25) is 0 Å². The van der Waals surface area contributed by atoms with Crippen molar-refractivity contribution in [2.75, 3.05) is 52.7 Å². The molecule has 0 unspecified atom stereocenters. The minimum Gasteiger partial charge on any atom is -0.462 e. The third-order valence-electron chi connectivity index (χ3n) is 4.28. The van der Waals surface area contributed by atoms with Gasteiger partial charge in [0.1, 0.15) is 37.6 Å². The second kappa shape index (κ2) is 21.0. The van der Waals surface area contributed by atoms with Gasteiger partial charge in [-0.25, -0.2) is 28.8 Å². The Kier molecular flexibility index (Phi) is 18.8. The maximum atomic E-state index is 11.6. The van der Waals surface area contributed by atoms with Crippen molar-refractivity contribution in [1.82, 2.24) is 10.6 Å². The minimum absolute atomic E-state index is 0.0985. The zero-order valence-corrected chi connectivity index (χ0v) is 21.8. The normalized spacial score (nSPS) is 9.84. The summed E-state index contributed by atoms with van der Waals surface area (Å²) in [4.78, 5) is 68.9. The maximum absolute atomic E-state index is 11.6. The molecule has 0 aliphatic rings. The number of hydrogen-bond acceptors (Lipinski definition) is 12. The van der Waals surface area contributed by atoms with Crippen LogP contribution < -0.4 is 10.6 Å². The number of hydrogen-bond donors (Lipinski definition) is 2. The first-order valence-corrected chi connectivity index (χ1v) is 12.0. The van der Waals surface area contributed by atoms with Crippen LogP contribution in [0.25, 0.3) is 0 Å². The molecule has 14 nitrogen and oxygen atoms in total. The van der Waals surface area contributed by atoms with Crippen molar-refractivity contribution < 1.29 is 57.2 Å². The lowest BCUT2D eigenvalue weighted by molar-refractivity contribution is -0.149. The number of carbonyl (C=O) groups is 6. The molecule has 0 radical (unpaired) electrons. The smallest absolute Gasteiger partial charge is 0.407 e. The fraction of sp³-hybridized carbons (Fsp3) is 0.583. The molecule has 214 valence electrons. The van der Waals surface area contributed by atoms with Gasteiger partial charge >= 0.3 is 36.1 Å². The summed E-state index contributed by atoms with van der Waals surface area (Å²) >= 11 is 0. The standard InChI is InChI=1S/C24H36N2O12/c1-5-33-19(27)17(3)21(29)35-13-15-37-23(31)25-11-9-7-8-10-12-26-24(32)38-16-14-36-22(30)18(4)20(28)34-6-2/h3-16H2,1-2H3,(H,25,31)(H,26,32). The van der Waals surface area contributed by atoms with E-state index in [1.165, 1.54) is 0 Å². The molecule has 0 fully saturated rings. The first kappa shape index (κ1) is 33.9. The average Bonchev–Trinajstić information content (AvgIpc) is 2.89. The van der Waals surface area contributed by atoms with Crippen LogP contribution in [0, 0.1) is 0 Å². The number of carbonyl (C=O) groups excluding carboxylic acids is 6. The molecule has 0 rings (SSSR count). The highest BCUT2D eigenvalue weighted by molar-refractivity contribution is 6.13. The molecule has 0 aliphatic carbocycles. The van der Waals surface area contributed by atoms with Crippen molar-refractivity contribution in [3.8, 4) is 0 Å². The quantitative estimate of drug-likeness (QED) is 0.0595. The molecule has 0 bridgehead atoms. The number of nitrogens with one attached hydrogen (secondary N) is 2. The van der Waals surface area contributed by atoms with E-state index in [0.717, 1.165) is 12.8 Å². The second-order valence-corrected chi connectivity index (χ2v) is 7.21. The number of unbranched alkanes of at least 4 members (excludes halogenated alkanes) is 3. The Labute approximate surface area is 221 Å². The van der Waals surface area contributed by atoms with Gasteiger partial charge in [-0.2, -0.15) is 0 Å². The van der Waals surface area contributed by atoms with Crippen molar-refractivity contribution in [2.24, 2.45) is 0 Å². The summed E-state index contributed by atoms with van der Waals surface area (Å²) in [7, 11) is 0. The summed E-state index contributed by atoms with van der Waals surface area (Å²) < 4.78 is 28.5. The van der Waals surface area contributed by atoms with Crippen LogP contribution in [0.2, 0.25) is 0 Å². The van der Waals surface area contributed by atoms with Gasteiger partial charge in [0.2, 0.25) is 0 Å². The molecule has 0 aromatic carbocycles. The van der Waals surface area contributed by atoms with Gasteiger partial charge in [0.05, 0.1) is 13.2 Å². The molecule has 38 heavy (non-hydrogen) atoms. The Bertz CT molecular complexity index is 772. The number of amides is 2. The predicted molar refractivity (Wildman–Crippen MR) is 131 cm³/mol. The lowest BCUT2D eigenvalue weighted by Crippen LogP contribution is -2.28. The van der Waals surface area contributed by atoms with Gasteiger partial charge in [-0.1, -0.05) is 26.0 Å². The molecule has 2 amide bonds. The molecule has 0 saturated heterocycles. The van der Waals surface area contributed by atoms with Crippen molar-refractivity contribution >= 4 is 36.1 Å². The summed E-state index contributed by atoms with van der Waals surface area (Å²) in [5, 5.41) is 5.09. The maximum Gasteiger partial charge on any atom is 0.407 e. The van der Waals surface area contributed by atoms with Crippen LogP contribution in [0.15, 0.2) is 24.3 Å². The Morgan fingerprint density at radius 2 is 0.816 bits per heavy atom. The molecule has 0 heterocycles. The SMILES string of the molecule is C=C(C(=O)OCC)C(=O)OCCOC(=O)NCCCCCCNC(=O)OCCOC(=O)C(=C)C(=O)OCC. The first-order chi connectivity index (χ1) is 18.1. The number of rotatable bonds is 19. The van der Waals surface area contributed by atoms with Crippen molar-refractivity contribution in [3.05, 3.63) is 24.3 Å². The summed E-state index contributed by atoms with van der Waals surface area (Å²) in [5.74, 6) is -3.64. The molecule has 2 N–H and O–H groups in total. The lowest BCUT2D eigenvalue weighted by atomic mass is 10.2. The molecule has 0 saturated carbocycles. The highest BCUT2D eigenvalue weighted by atomic mass is 16.6. The fourth-order valence-corrected chi connectivity index (χ4v) is 2.40. The van der Waals surface area contributed by atoms with Crippen molar-refractivity contribution in [1.29, 1.82) is 0 Å². The first-order valence-electron chi connectivity index (χ1n) is 12.0. The minimum atomic E-state index is -0.949. The monoisotopic (exact) mass is 544 g/mol. The Balaban J connectivity index is 3.65. The van der Waals surface area contributed by atoms with Gasteiger partial charge < -0.3 is 39.1 Å². The number of ether oxygens (including phenoxy) is 6. The Hall–Kier alpha value is -4.10. The third kappa shape index (κ3) is 16.5. The van der Waals surface area contributed by atoms with Crippen LogP contribution in [-0.2, 0) is 47.6 Å². The van der Waals surface area contributed by atoms with Crippen LogP contribution in [-0.4, -0.2) is 88.8 Å². The molecular weight excluding hydrogens is 508 g/mol. The largest absolute Gasteiger partial charge is 0.462 e. The average molecular weight is 545 g/mol. The molecule has 0 spiro atoms. The Morgan fingerprint density at radius 3 is 1.16 bits per heavy atom. The lowest BCUT2D eigenvalue weighted by Gasteiger charge is -2.09. The molecule has 0 aromatic heterocycles. The van der Waals surface area contributed by atoms with E-state index in [4.69, 9.17) is 18.9 Å². The fourth-order valence-electron chi connectivity index (χ4n) is 2.40. The summed E-state index contributed by atoms with van der Waals surface area (Å²) in [6, 6.07) is 0. The van der Waals surface area contributed by atoms with E-state index in [9.17, 15) is 28.8 Å². The van der Waals surface area contributed by atoms with E-state index in [1.807, 2.05) is 0 Å². The van der Waals surface area contributed by atoms with Gasteiger partial charge in [0, 0.05) is 13.1 Å². The summed E-state index contributed by atoms with van der Waals surface area (Å²) in [6.45, 7) is 9.81. The van der Waals surface area contributed by atoms with Gasteiger partial charge in [-0.15, -0.1) is 0 Å². The number of esters is 4. The van der Waals surface area contributed by atoms with E-state index in [-0.39, 0.29) is 39.6 Å². The molecule has 0 aromatic rings. The van der Waals surface area contributed by atoms with Gasteiger partial charge in [-0.05, 0) is 26.7 Å². The van der Waals surface area contributed by atoms with Crippen molar-refractivity contribution in [2.45, 2.75) is 39.5 Å². The van der Waals surface area contributed by atoms with E-state index in [1.54, 1.807) is 13.8 Å². The zero-order chi connectivity index (χ0) is 28.8. The van der Waals surface area contributed by atoms with Crippen LogP contribution in [0.1, 0.15) is 39.5 Å². The van der Waals surface area contributed by atoms with Crippen LogP contribution in [0.5, 0.6) is 0 Å². The van der Waals surface area contributed by atoms with E-state index in [2.05, 4.69) is 33.3 Å². The Morgan fingerprint density at radius 1 is 0.500 bits per heavy atom. The highest BCUT2D eigenvalue weighted by Crippen LogP contribution is 2.01. The zero-order valence-electron chi connectivity index (χ0n) is 21.8. The topological polar surface area (TPSA) is 182 Å². The molecule has 0 aliphatic heterocycles. The molecule has 14 heteroatoms.